The number of halogens is 2. The number of hydrogen-bond acceptors (Lipinski definition) is 1. The molecule has 18 heavy (non-hydrogen) atoms. The lowest BCUT2D eigenvalue weighted by molar-refractivity contribution is 0.440. The molecule has 1 fully saturated rings. The molecule has 3 atom stereocenters. The van der Waals surface area contributed by atoms with E-state index >= 15 is 0 Å². The smallest absolute Gasteiger partial charge is 0.0303 e. The third-order valence-corrected chi connectivity index (χ3v) is 5.13. The van der Waals surface area contributed by atoms with Crippen LogP contribution in [0, 0.1) is 11.8 Å². The zero-order valence-electron chi connectivity index (χ0n) is 11.0. The van der Waals surface area contributed by atoms with Crippen LogP contribution in [0.1, 0.15) is 44.7 Å². The summed E-state index contributed by atoms with van der Waals surface area (Å²) in [4.78, 5) is 0. The maximum Gasteiger partial charge on any atom is 0.0303 e. The van der Waals surface area contributed by atoms with E-state index in [-0.39, 0.29) is 0 Å². The Hall–Kier alpha value is 0.140. The lowest BCUT2D eigenvalue weighted by Crippen LogP contribution is -2.25. The van der Waals surface area contributed by atoms with Crippen molar-refractivity contribution >= 4 is 31.9 Å². The number of nitrogens with one attached hydrogen (secondary N) is 1. The van der Waals surface area contributed by atoms with Gasteiger partial charge >= 0.3 is 0 Å². The highest BCUT2D eigenvalue weighted by atomic mass is 79.9. The predicted molar refractivity (Wildman–Crippen MR) is 84.8 cm³/mol. The summed E-state index contributed by atoms with van der Waals surface area (Å²) < 4.78 is 2.30. The molecule has 0 radical (unpaired) electrons. The van der Waals surface area contributed by atoms with Crippen molar-refractivity contribution in [2.75, 3.05) is 6.54 Å². The molecule has 0 aliphatic heterocycles. The summed E-state index contributed by atoms with van der Waals surface area (Å²) >= 11 is 7.14. The second kappa shape index (κ2) is 6.53. The summed E-state index contributed by atoms with van der Waals surface area (Å²) in [6.07, 6.45) is 4.19. The van der Waals surface area contributed by atoms with Crippen LogP contribution >= 0.6 is 31.9 Å². The zero-order valence-corrected chi connectivity index (χ0v) is 14.2. The molecule has 0 spiro atoms. The molecule has 1 aliphatic rings. The molecular formula is C15H21Br2N. The van der Waals surface area contributed by atoms with E-state index in [4.69, 9.17) is 0 Å². The first-order chi connectivity index (χ1) is 8.56. The van der Waals surface area contributed by atoms with Gasteiger partial charge in [-0.25, -0.2) is 0 Å². The van der Waals surface area contributed by atoms with Gasteiger partial charge in [0, 0.05) is 15.0 Å². The van der Waals surface area contributed by atoms with Crippen molar-refractivity contribution in [1.82, 2.24) is 5.32 Å². The topological polar surface area (TPSA) is 12.0 Å². The van der Waals surface area contributed by atoms with Gasteiger partial charge in [0.1, 0.15) is 0 Å². The molecule has 0 heterocycles. The normalized spacial score (nSPS) is 25.3. The Bertz CT molecular complexity index is 405. The second-order valence-corrected chi connectivity index (χ2v) is 7.35. The van der Waals surface area contributed by atoms with Crippen molar-refractivity contribution in [2.24, 2.45) is 11.8 Å². The van der Waals surface area contributed by atoms with Crippen LogP contribution in [0.3, 0.4) is 0 Å². The molecule has 2 rings (SSSR count). The predicted octanol–water partition coefficient (Wildman–Crippen LogP) is 5.30. The molecule has 0 bridgehead atoms. The van der Waals surface area contributed by atoms with E-state index in [0.29, 0.717) is 6.04 Å². The van der Waals surface area contributed by atoms with Gasteiger partial charge in [-0.15, -0.1) is 0 Å². The van der Waals surface area contributed by atoms with Gasteiger partial charge in [-0.3, -0.25) is 0 Å². The van der Waals surface area contributed by atoms with E-state index in [9.17, 15) is 0 Å². The minimum absolute atomic E-state index is 0.406. The highest BCUT2D eigenvalue weighted by Crippen LogP contribution is 2.31. The molecule has 1 aromatic rings. The van der Waals surface area contributed by atoms with E-state index in [1.54, 1.807) is 0 Å². The van der Waals surface area contributed by atoms with Gasteiger partial charge in [0.05, 0.1) is 0 Å². The Kier molecular flexibility index (Phi) is 5.28. The van der Waals surface area contributed by atoms with Crippen LogP contribution in [0.15, 0.2) is 27.1 Å². The maximum absolute atomic E-state index is 3.68. The van der Waals surface area contributed by atoms with E-state index < -0.39 is 0 Å². The minimum atomic E-state index is 0.406. The molecule has 1 aliphatic carbocycles. The van der Waals surface area contributed by atoms with Crippen LogP contribution < -0.4 is 5.32 Å². The van der Waals surface area contributed by atoms with Crippen molar-refractivity contribution in [3.05, 3.63) is 32.7 Å². The quantitative estimate of drug-likeness (QED) is 0.753. The average Bonchev–Trinajstić information content (AvgIpc) is 2.72. The molecule has 1 N–H and O–H groups in total. The van der Waals surface area contributed by atoms with Gasteiger partial charge in [0.15, 0.2) is 0 Å². The first-order valence-corrected chi connectivity index (χ1v) is 8.33. The van der Waals surface area contributed by atoms with E-state index in [1.807, 2.05) is 0 Å². The van der Waals surface area contributed by atoms with Crippen molar-refractivity contribution in [3.63, 3.8) is 0 Å². The summed E-state index contributed by atoms with van der Waals surface area (Å²) in [5.74, 6) is 1.79. The van der Waals surface area contributed by atoms with E-state index in [1.165, 1.54) is 29.3 Å². The van der Waals surface area contributed by atoms with Crippen LogP contribution in [0.4, 0.5) is 0 Å². The van der Waals surface area contributed by atoms with Crippen molar-refractivity contribution < 1.29 is 0 Å². The molecule has 0 aromatic heterocycles. The van der Waals surface area contributed by atoms with Gasteiger partial charge in [-0.2, -0.15) is 0 Å². The maximum atomic E-state index is 3.68. The largest absolute Gasteiger partial charge is 0.310 e. The Balaban J connectivity index is 1.89. The Labute approximate surface area is 127 Å². The average molecular weight is 375 g/mol. The van der Waals surface area contributed by atoms with Crippen molar-refractivity contribution in [1.29, 1.82) is 0 Å². The molecule has 100 valence electrons. The fourth-order valence-corrected chi connectivity index (χ4v) is 4.21. The molecule has 1 saturated carbocycles. The monoisotopic (exact) mass is 373 g/mol. The van der Waals surface area contributed by atoms with E-state index in [0.717, 1.165) is 22.9 Å². The summed E-state index contributed by atoms with van der Waals surface area (Å²) in [7, 11) is 0. The van der Waals surface area contributed by atoms with Gasteiger partial charge in [0.25, 0.3) is 0 Å². The summed E-state index contributed by atoms with van der Waals surface area (Å²) in [5, 5.41) is 3.68. The van der Waals surface area contributed by atoms with Gasteiger partial charge in [-0.1, -0.05) is 51.3 Å². The first kappa shape index (κ1) is 14.5. The molecule has 3 heteroatoms. The molecular weight excluding hydrogens is 354 g/mol. The van der Waals surface area contributed by atoms with Crippen molar-refractivity contribution in [2.45, 2.75) is 39.2 Å². The molecule has 3 unspecified atom stereocenters. The van der Waals surface area contributed by atoms with Gasteiger partial charge in [0.2, 0.25) is 0 Å². The van der Waals surface area contributed by atoms with Crippen LogP contribution in [-0.4, -0.2) is 6.54 Å². The number of hydrogen-bond donors (Lipinski definition) is 1. The molecule has 0 saturated heterocycles. The molecule has 0 amide bonds. The van der Waals surface area contributed by atoms with E-state index in [2.05, 4.69) is 69.2 Å². The van der Waals surface area contributed by atoms with Crippen LogP contribution in [0.5, 0.6) is 0 Å². The number of benzene rings is 1. The minimum Gasteiger partial charge on any atom is -0.310 e. The zero-order chi connectivity index (χ0) is 13.1. The summed E-state index contributed by atoms with van der Waals surface area (Å²) in [6.45, 7) is 5.76. The molecule has 1 aromatic carbocycles. The Morgan fingerprint density at radius 2 is 2.11 bits per heavy atom. The standard InChI is InChI=1S/C15H21Br2N/c1-10-3-4-12(7-10)9-18-11(2)14-6-5-13(16)8-15(14)17/h5-6,8,10-12,18H,3-4,7,9H2,1-2H3. The highest BCUT2D eigenvalue weighted by molar-refractivity contribution is 9.11. The van der Waals surface area contributed by atoms with Crippen LogP contribution in [0.25, 0.3) is 0 Å². The number of rotatable bonds is 4. The lowest BCUT2D eigenvalue weighted by Gasteiger charge is -2.19. The van der Waals surface area contributed by atoms with Gasteiger partial charge in [-0.05, 0) is 55.8 Å². The molecule has 1 nitrogen and oxygen atoms in total. The first-order valence-electron chi connectivity index (χ1n) is 6.74. The fourth-order valence-electron chi connectivity index (χ4n) is 2.82. The van der Waals surface area contributed by atoms with Gasteiger partial charge < -0.3 is 5.32 Å². The fraction of sp³-hybridized carbons (Fsp3) is 0.600. The van der Waals surface area contributed by atoms with Crippen LogP contribution in [-0.2, 0) is 0 Å². The van der Waals surface area contributed by atoms with Crippen molar-refractivity contribution in [3.8, 4) is 0 Å². The highest BCUT2D eigenvalue weighted by Gasteiger charge is 2.21. The third kappa shape index (κ3) is 3.82. The summed E-state index contributed by atoms with van der Waals surface area (Å²) in [5.41, 5.74) is 1.34. The lowest BCUT2D eigenvalue weighted by atomic mass is 10.0. The Morgan fingerprint density at radius 1 is 1.33 bits per heavy atom. The third-order valence-electron chi connectivity index (χ3n) is 3.95. The van der Waals surface area contributed by atoms with Crippen LogP contribution in [0.2, 0.25) is 0 Å². The SMILES string of the molecule is CC1CCC(CNC(C)c2ccc(Br)cc2Br)C1. The second-order valence-electron chi connectivity index (χ2n) is 5.58. The Morgan fingerprint density at radius 3 is 2.72 bits per heavy atom. The summed E-state index contributed by atoms with van der Waals surface area (Å²) in [6, 6.07) is 6.81.